The summed E-state index contributed by atoms with van der Waals surface area (Å²) >= 11 is 0. The van der Waals surface area contributed by atoms with Crippen molar-refractivity contribution in [3.05, 3.63) is 36.0 Å². The summed E-state index contributed by atoms with van der Waals surface area (Å²) in [6, 6.07) is 0. The third-order valence-corrected chi connectivity index (χ3v) is 10.1. The van der Waals surface area contributed by atoms with E-state index in [1.165, 1.54) is 26.8 Å². The van der Waals surface area contributed by atoms with Gasteiger partial charge in [-0.05, 0) is 70.6 Å². The van der Waals surface area contributed by atoms with Gasteiger partial charge in [0.05, 0.1) is 12.0 Å². The second kappa shape index (κ2) is 11.2. The van der Waals surface area contributed by atoms with Crippen LogP contribution in [0.2, 0.25) is 0 Å². The molecular formula is C32H41FO9. The number of esters is 3. The van der Waals surface area contributed by atoms with E-state index in [-0.39, 0.29) is 49.9 Å². The average Bonchev–Trinajstić information content (AvgIpc) is 3.12. The lowest BCUT2D eigenvalue weighted by molar-refractivity contribution is -0.313. The van der Waals surface area contributed by atoms with Crippen molar-refractivity contribution in [2.24, 2.45) is 34.5 Å². The van der Waals surface area contributed by atoms with Crippen molar-refractivity contribution >= 4 is 29.5 Å². The molecule has 2 unspecified atom stereocenters. The van der Waals surface area contributed by atoms with Gasteiger partial charge in [-0.1, -0.05) is 47.8 Å². The molecule has 0 radical (unpaired) electrons. The molecular weight excluding hydrogens is 547 g/mol. The molecule has 0 spiro atoms. The Bertz CT molecular complexity index is 1220. The lowest BCUT2D eigenvalue weighted by Gasteiger charge is -2.60. The summed E-state index contributed by atoms with van der Waals surface area (Å²) in [6.45, 7) is 16.4. The monoisotopic (exact) mass is 588 g/mol. The zero-order valence-electron chi connectivity index (χ0n) is 25.0. The van der Waals surface area contributed by atoms with E-state index in [0.717, 1.165) is 0 Å². The maximum atomic E-state index is 15.8. The van der Waals surface area contributed by atoms with E-state index < -0.39 is 76.4 Å². The molecule has 9 nitrogen and oxygen atoms in total. The molecule has 0 heterocycles. The van der Waals surface area contributed by atoms with Gasteiger partial charge in [0.25, 0.3) is 5.78 Å². The molecule has 0 aliphatic heterocycles. The molecule has 4 aliphatic rings. The zero-order valence-corrected chi connectivity index (χ0v) is 25.0. The fourth-order valence-corrected chi connectivity index (χ4v) is 8.23. The number of fused-ring (bicyclic) bond motifs is 5. The second-order valence-corrected chi connectivity index (χ2v) is 12.5. The molecule has 0 aromatic heterocycles. The van der Waals surface area contributed by atoms with Crippen molar-refractivity contribution in [3.8, 4) is 0 Å². The van der Waals surface area contributed by atoms with Crippen LogP contribution in [0, 0.1) is 34.5 Å². The van der Waals surface area contributed by atoms with Gasteiger partial charge in [-0.25, -0.2) is 4.39 Å². The standard InChI is InChI=1S/C32H41FO9/c1-8-23(36)40-32(41-24(37)9-2,42-25(38)10-3)29(39)27-17(5)16(4)26-19-14-21(33)20-13-18(34)11-12-30(20,6)28(19)22(35)15-31(26,27)7/h13,19,21-22,26-28,35H,4-5,8-12,14-15H2,1-3,6-7H3/t19-,21?,22?,26-,27+,28+,30-,31-/m0/s1. The van der Waals surface area contributed by atoms with Gasteiger partial charge < -0.3 is 19.3 Å². The van der Waals surface area contributed by atoms with Crippen LogP contribution >= 0.6 is 0 Å². The molecule has 0 aromatic rings. The third kappa shape index (κ3) is 4.85. The topological polar surface area (TPSA) is 133 Å². The van der Waals surface area contributed by atoms with Crippen LogP contribution in [0.1, 0.15) is 79.6 Å². The quantitative estimate of drug-likeness (QED) is 0.322. The van der Waals surface area contributed by atoms with Crippen molar-refractivity contribution in [1.82, 2.24) is 0 Å². The van der Waals surface area contributed by atoms with Gasteiger partial charge in [-0.2, -0.15) is 0 Å². The van der Waals surface area contributed by atoms with Crippen LogP contribution in [0.25, 0.3) is 0 Å². The van der Waals surface area contributed by atoms with Crippen molar-refractivity contribution in [2.45, 2.75) is 97.8 Å². The molecule has 10 heteroatoms. The third-order valence-electron chi connectivity index (χ3n) is 10.1. The van der Waals surface area contributed by atoms with E-state index in [2.05, 4.69) is 13.2 Å². The first-order valence-electron chi connectivity index (χ1n) is 14.7. The number of ether oxygens (including phenoxy) is 3. The number of rotatable bonds is 8. The van der Waals surface area contributed by atoms with E-state index in [1.54, 1.807) is 6.92 Å². The first-order valence-corrected chi connectivity index (χ1v) is 14.7. The van der Waals surface area contributed by atoms with Crippen LogP contribution in [-0.4, -0.2) is 52.8 Å². The number of allylic oxidation sites excluding steroid dienone is 3. The highest BCUT2D eigenvalue weighted by Gasteiger charge is 2.69. The maximum absolute atomic E-state index is 15.8. The predicted octanol–water partition coefficient (Wildman–Crippen LogP) is 4.47. The highest BCUT2D eigenvalue weighted by atomic mass is 19.1. The Hall–Kier alpha value is -3.14. The Kier molecular flexibility index (Phi) is 8.45. The van der Waals surface area contributed by atoms with Gasteiger partial charge in [0.1, 0.15) is 6.17 Å². The minimum absolute atomic E-state index is 0.00943. The van der Waals surface area contributed by atoms with Crippen molar-refractivity contribution in [2.75, 3.05) is 0 Å². The Balaban J connectivity index is 1.83. The summed E-state index contributed by atoms with van der Waals surface area (Å²) in [4.78, 5) is 64.4. The highest BCUT2D eigenvalue weighted by molar-refractivity contribution is 5.96. The van der Waals surface area contributed by atoms with Gasteiger partial charge in [0, 0.05) is 25.7 Å². The molecule has 0 bridgehead atoms. The number of hydrogen-bond donors (Lipinski definition) is 1. The van der Waals surface area contributed by atoms with Crippen molar-refractivity contribution in [1.29, 1.82) is 0 Å². The largest absolute Gasteiger partial charge is 0.489 e. The lowest BCUT2D eigenvalue weighted by Crippen LogP contribution is -2.61. The van der Waals surface area contributed by atoms with Crippen LogP contribution in [0.4, 0.5) is 4.39 Å². The molecule has 3 fully saturated rings. The van der Waals surface area contributed by atoms with Crippen LogP contribution in [0.15, 0.2) is 36.0 Å². The molecule has 8 atom stereocenters. The van der Waals surface area contributed by atoms with E-state index in [0.29, 0.717) is 17.6 Å². The number of hydrogen-bond acceptors (Lipinski definition) is 9. The summed E-state index contributed by atoms with van der Waals surface area (Å²) in [5, 5.41) is 11.7. The number of ketones is 2. The maximum Gasteiger partial charge on any atom is 0.489 e. The molecule has 0 amide bonds. The van der Waals surface area contributed by atoms with E-state index in [4.69, 9.17) is 14.2 Å². The van der Waals surface area contributed by atoms with Crippen molar-refractivity contribution in [3.63, 3.8) is 0 Å². The minimum Gasteiger partial charge on any atom is -0.393 e. The second-order valence-electron chi connectivity index (χ2n) is 12.5. The van der Waals surface area contributed by atoms with Gasteiger partial charge in [0.2, 0.25) is 0 Å². The molecule has 230 valence electrons. The molecule has 0 aromatic carbocycles. The summed E-state index contributed by atoms with van der Waals surface area (Å²) in [6.07, 6.45) is -0.956. The number of carbonyl (C=O) groups is 5. The molecule has 4 aliphatic carbocycles. The smallest absolute Gasteiger partial charge is 0.393 e. The van der Waals surface area contributed by atoms with Crippen molar-refractivity contribution < 1.29 is 47.7 Å². The molecule has 4 rings (SSSR count). The average molecular weight is 589 g/mol. The first kappa shape index (κ1) is 31.8. The van der Waals surface area contributed by atoms with Crippen LogP contribution in [-0.2, 0) is 38.2 Å². The Morgan fingerprint density at radius 2 is 1.52 bits per heavy atom. The summed E-state index contributed by atoms with van der Waals surface area (Å²) in [5.41, 5.74) is -0.769. The van der Waals surface area contributed by atoms with Gasteiger partial charge in [0.15, 0.2) is 5.78 Å². The first-order chi connectivity index (χ1) is 19.6. The predicted molar refractivity (Wildman–Crippen MR) is 148 cm³/mol. The van der Waals surface area contributed by atoms with Crippen LogP contribution in [0.3, 0.4) is 0 Å². The molecule has 0 saturated heterocycles. The van der Waals surface area contributed by atoms with E-state index in [1.807, 2.05) is 6.92 Å². The SMILES string of the molecule is C=C1C(=C)[C@H]2[C@@H]3CC(F)C4=CC(=O)CC[C@]4(C)[C@H]3C(O)C[C@]2(C)[C@H]1C(=O)C(OC(=O)CC)(OC(=O)CC)OC(=O)CC. The van der Waals surface area contributed by atoms with Gasteiger partial charge >= 0.3 is 23.9 Å². The summed E-state index contributed by atoms with van der Waals surface area (Å²) < 4.78 is 31.9. The van der Waals surface area contributed by atoms with Crippen LogP contribution < -0.4 is 0 Å². The number of carbonyl (C=O) groups excluding carboxylic acids is 5. The molecule has 1 N–H and O–H groups in total. The molecule has 42 heavy (non-hydrogen) atoms. The lowest BCUT2D eigenvalue weighted by atomic mass is 9.45. The molecule has 3 saturated carbocycles. The highest BCUT2D eigenvalue weighted by Crippen LogP contribution is 2.69. The number of Topliss-reactive ketones (excluding diaryl/α,β-unsaturated/α-hetero) is 1. The normalized spacial score (nSPS) is 35.8. The fraction of sp³-hybridized carbons (Fsp3) is 0.656. The van der Waals surface area contributed by atoms with E-state index in [9.17, 15) is 29.1 Å². The zero-order chi connectivity index (χ0) is 31.4. The minimum atomic E-state index is -3.01. The number of aliphatic hydroxyl groups excluding tert-OH is 1. The van der Waals surface area contributed by atoms with Gasteiger partial charge in [-0.3, -0.25) is 24.0 Å². The van der Waals surface area contributed by atoms with Crippen LogP contribution in [0.5, 0.6) is 0 Å². The Labute approximate surface area is 245 Å². The van der Waals surface area contributed by atoms with E-state index >= 15 is 4.39 Å². The number of alkyl halides is 1. The summed E-state index contributed by atoms with van der Waals surface area (Å²) in [5.74, 6) is -9.68. The number of aliphatic hydroxyl groups is 1. The Morgan fingerprint density at radius 1 is 1.00 bits per heavy atom. The fourth-order valence-electron chi connectivity index (χ4n) is 8.23. The summed E-state index contributed by atoms with van der Waals surface area (Å²) in [7, 11) is 0. The number of halogens is 1. The Morgan fingerprint density at radius 3 is 2.02 bits per heavy atom. The van der Waals surface area contributed by atoms with Gasteiger partial charge in [-0.15, -0.1) is 0 Å².